The van der Waals surface area contributed by atoms with Crippen molar-refractivity contribution in [2.45, 2.75) is 31.7 Å². The second-order valence-corrected chi connectivity index (χ2v) is 7.95. The fourth-order valence-electron chi connectivity index (χ4n) is 3.62. The molecule has 2 atom stereocenters. The van der Waals surface area contributed by atoms with E-state index in [1.807, 2.05) is 37.7 Å². The van der Waals surface area contributed by atoms with E-state index in [4.69, 9.17) is 4.74 Å². The number of ether oxygens (including phenoxy) is 1. The number of nitrogens with zero attached hydrogens (tertiary/aromatic N) is 3. The molecule has 0 spiro atoms. The highest BCUT2D eigenvalue weighted by Gasteiger charge is 2.31. The molecule has 2 heterocycles. The smallest absolute Gasteiger partial charge is 0.407 e. The molecule has 1 saturated heterocycles. The number of thiazole rings is 1. The summed E-state index contributed by atoms with van der Waals surface area (Å²) in [6.45, 7) is 1.24. The third kappa shape index (κ3) is 5.35. The van der Waals surface area contributed by atoms with E-state index in [9.17, 15) is 9.90 Å². The summed E-state index contributed by atoms with van der Waals surface area (Å²) < 4.78 is 5.95. The number of anilines is 1. The molecule has 1 amide bonds. The average Bonchev–Trinajstić information content (AvgIpc) is 3.15. The lowest BCUT2D eigenvalue weighted by Gasteiger charge is -2.37. The van der Waals surface area contributed by atoms with Gasteiger partial charge in [0, 0.05) is 50.2 Å². The zero-order valence-electron chi connectivity index (χ0n) is 15.9. The first-order valence-corrected chi connectivity index (χ1v) is 10.2. The summed E-state index contributed by atoms with van der Waals surface area (Å²) in [7, 11) is 4.02. The lowest BCUT2D eigenvalue weighted by molar-refractivity contribution is 0.0839. The molecule has 0 bridgehead atoms. The molecule has 1 aliphatic heterocycles. The van der Waals surface area contributed by atoms with Crippen molar-refractivity contribution in [3.8, 4) is 5.75 Å². The van der Waals surface area contributed by atoms with Crippen LogP contribution in [-0.4, -0.2) is 54.4 Å². The molecular weight excluding hydrogens is 362 g/mol. The Morgan fingerprint density at radius 2 is 2.30 bits per heavy atom. The molecule has 2 unspecified atom stereocenters. The van der Waals surface area contributed by atoms with Crippen LogP contribution in [0.4, 0.5) is 10.5 Å². The minimum absolute atomic E-state index is 0.000388. The van der Waals surface area contributed by atoms with Crippen LogP contribution >= 0.6 is 11.3 Å². The number of piperidine rings is 1. The average molecular weight is 390 g/mol. The monoisotopic (exact) mass is 389 g/mol. The number of aromatic nitrogens is 1. The van der Waals surface area contributed by atoms with E-state index in [0.29, 0.717) is 25.5 Å². The molecule has 1 fully saturated rings. The topological polar surface area (TPSA) is 65.9 Å². The Morgan fingerprint density at radius 3 is 3.00 bits per heavy atom. The summed E-state index contributed by atoms with van der Waals surface area (Å²) in [6.07, 6.45) is 2.56. The van der Waals surface area contributed by atoms with Crippen molar-refractivity contribution in [1.82, 2.24) is 9.88 Å². The molecule has 1 aromatic heterocycles. The zero-order valence-corrected chi connectivity index (χ0v) is 16.7. The van der Waals surface area contributed by atoms with Gasteiger partial charge in [-0.3, -0.25) is 0 Å². The first-order valence-electron chi connectivity index (χ1n) is 9.29. The van der Waals surface area contributed by atoms with Crippen LogP contribution in [0.2, 0.25) is 0 Å². The Bertz CT molecular complexity index is 736. The van der Waals surface area contributed by atoms with Gasteiger partial charge >= 0.3 is 6.09 Å². The zero-order chi connectivity index (χ0) is 19.2. The minimum Gasteiger partial charge on any atom is -0.494 e. The van der Waals surface area contributed by atoms with E-state index >= 15 is 0 Å². The maximum atomic E-state index is 11.6. The highest BCUT2D eigenvalue weighted by molar-refractivity contribution is 7.07. The third-order valence-corrected chi connectivity index (χ3v) is 5.76. The third-order valence-electron chi connectivity index (χ3n) is 5.13. The molecule has 1 N–H and O–H groups in total. The Kier molecular flexibility index (Phi) is 6.55. The van der Waals surface area contributed by atoms with E-state index in [1.54, 1.807) is 21.7 Å². The van der Waals surface area contributed by atoms with Crippen molar-refractivity contribution in [3.63, 3.8) is 0 Å². The van der Waals surface area contributed by atoms with Crippen molar-refractivity contribution >= 4 is 23.1 Å². The summed E-state index contributed by atoms with van der Waals surface area (Å²) in [5.74, 6) is 1.35. The van der Waals surface area contributed by atoms with Gasteiger partial charge in [0.05, 0.1) is 17.8 Å². The second-order valence-electron chi connectivity index (χ2n) is 7.23. The van der Waals surface area contributed by atoms with Gasteiger partial charge < -0.3 is 19.6 Å². The normalized spacial score (nSPS) is 19.7. The molecule has 0 radical (unpaired) electrons. The molecule has 1 aliphatic rings. The molecule has 1 aromatic carbocycles. The van der Waals surface area contributed by atoms with Crippen LogP contribution in [0.25, 0.3) is 0 Å². The summed E-state index contributed by atoms with van der Waals surface area (Å²) in [4.78, 5) is 19.5. The predicted molar refractivity (Wildman–Crippen MR) is 108 cm³/mol. The number of carbonyl (C=O) groups is 1. The van der Waals surface area contributed by atoms with Gasteiger partial charge in [-0.05, 0) is 37.3 Å². The Labute approximate surface area is 164 Å². The number of hydrogen-bond donors (Lipinski definition) is 1. The first-order chi connectivity index (χ1) is 13.0. The molecule has 0 saturated carbocycles. The fraction of sp³-hybridized carbons (Fsp3) is 0.500. The molecule has 6 nitrogen and oxygen atoms in total. The molecule has 146 valence electrons. The van der Waals surface area contributed by atoms with Gasteiger partial charge in [-0.1, -0.05) is 6.07 Å². The molecule has 3 rings (SSSR count). The van der Waals surface area contributed by atoms with E-state index in [1.165, 1.54) is 0 Å². The van der Waals surface area contributed by atoms with Crippen molar-refractivity contribution in [1.29, 1.82) is 0 Å². The van der Waals surface area contributed by atoms with Gasteiger partial charge in [-0.15, -0.1) is 11.3 Å². The van der Waals surface area contributed by atoms with Gasteiger partial charge in [-0.25, -0.2) is 9.78 Å². The van der Waals surface area contributed by atoms with Gasteiger partial charge in [-0.2, -0.15) is 0 Å². The van der Waals surface area contributed by atoms with Crippen LogP contribution < -0.4 is 9.64 Å². The second kappa shape index (κ2) is 9.08. The SMILES string of the molecule is CN(C)c1cccc(OCCC2CCN(C(=O)O)C(Cc3cscn3)C2)c1. The van der Waals surface area contributed by atoms with Crippen molar-refractivity contribution in [2.24, 2.45) is 5.92 Å². The molecule has 2 aromatic rings. The lowest BCUT2D eigenvalue weighted by Crippen LogP contribution is -2.46. The number of amides is 1. The van der Waals surface area contributed by atoms with Crippen molar-refractivity contribution in [3.05, 3.63) is 40.8 Å². The number of carboxylic acid groups (broad SMARTS) is 1. The summed E-state index contributed by atoms with van der Waals surface area (Å²) in [6, 6.07) is 8.07. The highest BCUT2D eigenvalue weighted by atomic mass is 32.1. The highest BCUT2D eigenvalue weighted by Crippen LogP contribution is 2.28. The largest absolute Gasteiger partial charge is 0.494 e. The van der Waals surface area contributed by atoms with E-state index in [-0.39, 0.29) is 6.04 Å². The molecule has 7 heteroatoms. The van der Waals surface area contributed by atoms with Crippen molar-refractivity contribution in [2.75, 3.05) is 32.1 Å². The standard InChI is InChI=1S/C20H27N3O3S/c1-22(2)17-4-3-5-19(12-17)26-9-7-15-6-8-23(20(24)25)18(10-15)11-16-13-27-14-21-16/h3-5,12-15,18H,6-11H2,1-2H3,(H,24,25). The van der Waals surface area contributed by atoms with Crippen LogP contribution in [0.1, 0.15) is 25.0 Å². The number of rotatable bonds is 7. The van der Waals surface area contributed by atoms with Gasteiger partial charge in [0.25, 0.3) is 0 Å². The summed E-state index contributed by atoms with van der Waals surface area (Å²) >= 11 is 1.55. The van der Waals surface area contributed by atoms with Gasteiger partial charge in [0.1, 0.15) is 5.75 Å². The lowest BCUT2D eigenvalue weighted by atomic mass is 9.87. The number of benzene rings is 1. The fourth-order valence-corrected chi connectivity index (χ4v) is 4.19. The van der Waals surface area contributed by atoms with Crippen LogP contribution in [0.5, 0.6) is 5.75 Å². The van der Waals surface area contributed by atoms with Gasteiger partial charge in [0.2, 0.25) is 0 Å². The first kappa shape index (κ1) is 19.5. The van der Waals surface area contributed by atoms with E-state index in [2.05, 4.69) is 16.0 Å². The quantitative estimate of drug-likeness (QED) is 0.776. The van der Waals surface area contributed by atoms with Crippen LogP contribution in [0.3, 0.4) is 0 Å². The summed E-state index contributed by atoms with van der Waals surface area (Å²) in [5.41, 5.74) is 3.90. The Hall–Kier alpha value is -2.28. The Balaban J connectivity index is 1.53. The van der Waals surface area contributed by atoms with Crippen LogP contribution in [0, 0.1) is 5.92 Å². The van der Waals surface area contributed by atoms with Gasteiger partial charge in [0.15, 0.2) is 0 Å². The Morgan fingerprint density at radius 1 is 1.44 bits per heavy atom. The van der Waals surface area contributed by atoms with E-state index in [0.717, 1.165) is 36.4 Å². The van der Waals surface area contributed by atoms with E-state index < -0.39 is 6.09 Å². The number of hydrogen-bond acceptors (Lipinski definition) is 5. The van der Waals surface area contributed by atoms with Crippen molar-refractivity contribution < 1.29 is 14.6 Å². The maximum absolute atomic E-state index is 11.6. The molecular formula is C20H27N3O3S. The summed E-state index contributed by atoms with van der Waals surface area (Å²) in [5, 5.41) is 11.5. The molecule has 0 aliphatic carbocycles. The van der Waals surface area contributed by atoms with Crippen LogP contribution in [0.15, 0.2) is 35.2 Å². The minimum atomic E-state index is -0.828. The maximum Gasteiger partial charge on any atom is 0.407 e. The number of likely N-dealkylation sites (tertiary alicyclic amines) is 1. The van der Waals surface area contributed by atoms with Crippen LogP contribution in [-0.2, 0) is 6.42 Å². The predicted octanol–water partition coefficient (Wildman–Crippen LogP) is 3.98. The molecule has 27 heavy (non-hydrogen) atoms.